The number of halogens is 3. The van der Waals surface area contributed by atoms with Crippen molar-refractivity contribution < 1.29 is 32.2 Å². The number of rotatable bonds is 8. The lowest BCUT2D eigenvalue weighted by molar-refractivity contribution is -0.274. The molecule has 1 aromatic heterocycles. The number of alkyl halides is 3. The Bertz CT molecular complexity index is 1100. The van der Waals surface area contributed by atoms with E-state index in [1.807, 2.05) is 19.0 Å². The molecule has 0 N–H and O–H groups in total. The standard InChI is InChI=1S/C21H22F3N3O4S/c1-26(2)10-11-27(19(28)14-6-5-7-16(29-3)18(14)30-4)20-25-15-9-8-13(12-17(15)32-20)31-21(22,23)24/h5-9,12H,10-11H2,1-4H3. The van der Waals surface area contributed by atoms with E-state index in [0.717, 1.165) is 11.3 Å². The van der Waals surface area contributed by atoms with Crippen molar-refractivity contribution in [1.29, 1.82) is 0 Å². The first-order valence-electron chi connectivity index (χ1n) is 9.47. The lowest BCUT2D eigenvalue weighted by Gasteiger charge is -2.23. The number of thiazole rings is 1. The molecule has 1 heterocycles. The van der Waals surface area contributed by atoms with Crippen molar-refractivity contribution in [2.75, 3.05) is 46.3 Å². The van der Waals surface area contributed by atoms with Crippen LogP contribution in [0.4, 0.5) is 18.3 Å². The minimum Gasteiger partial charge on any atom is -0.493 e. The van der Waals surface area contributed by atoms with Gasteiger partial charge in [-0.15, -0.1) is 13.2 Å². The Labute approximate surface area is 186 Å². The lowest BCUT2D eigenvalue weighted by atomic mass is 10.1. The van der Waals surface area contributed by atoms with Crippen LogP contribution >= 0.6 is 11.3 Å². The number of carbonyl (C=O) groups excluding carboxylic acids is 1. The van der Waals surface area contributed by atoms with E-state index in [1.54, 1.807) is 18.2 Å². The van der Waals surface area contributed by atoms with Crippen LogP contribution in [0.2, 0.25) is 0 Å². The Hall–Kier alpha value is -3.05. The number of nitrogens with zero attached hydrogens (tertiary/aromatic N) is 3. The number of fused-ring (bicyclic) bond motifs is 1. The molecule has 0 aliphatic rings. The zero-order valence-electron chi connectivity index (χ0n) is 17.9. The Morgan fingerprint density at radius 2 is 1.84 bits per heavy atom. The second kappa shape index (κ2) is 9.61. The van der Waals surface area contributed by atoms with Gasteiger partial charge in [0.1, 0.15) is 5.75 Å². The second-order valence-corrected chi connectivity index (χ2v) is 7.98. The van der Waals surface area contributed by atoms with Gasteiger partial charge in [0.2, 0.25) is 0 Å². The van der Waals surface area contributed by atoms with Crippen LogP contribution in [0.5, 0.6) is 17.2 Å². The predicted octanol–water partition coefficient (Wildman–Crippen LogP) is 4.42. The molecule has 0 unspecified atom stereocenters. The van der Waals surface area contributed by atoms with E-state index in [0.29, 0.717) is 34.2 Å². The van der Waals surface area contributed by atoms with E-state index in [-0.39, 0.29) is 23.0 Å². The van der Waals surface area contributed by atoms with E-state index in [1.165, 1.54) is 37.3 Å². The van der Waals surface area contributed by atoms with Crippen molar-refractivity contribution in [2.45, 2.75) is 6.36 Å². The number of amides is 1. The molecule has 0 atom stereocenters. The number of aromatic nitrogens is 1. The topological polar surface area (TPSA) is 64.1 Å². The molecule has 0 radical (unpaired) electrons. The van der Waals surface area contributed by atoms with Crippen LogP contribution in [-0.4, -0.2) is 63.6 Å². The molecular formula is C21H22F3N3O4S. The fourth-order valence-electron chi connectivity index (χ4n) is 2.99. The van der Waals surface area contributed by atoms with Crippen molar-refractivity contribution >= 4 is 32.6 Å². The summed E-state index contributed by atoms with van der Waals surface area (Å²) < 4.78 is 52.8. The van der Waals surface area contributed by atoms with E-state index < -0.39 is 6.36 Å². The van der Waals surface area contributed by atoms with Crippen LogP contribution in [0.1, 0.15) is 10.4 Å². The summed E-state index contributed by atoms with van der Waals surface area (Å²) >= 11 is 1.10. The van der Waals surface area contributed by atoms with Crippen molar-refractivity contribution in [3.63, 3.8) is 0 Å². The Morgan fingerprint density at radius 1 is 1.09 bits per heavy atom. The molecule has 0 aliphatic heterocycles. The molecule has 3 aromatic rings. The summed E-state index contributed by atoms with van der Waals surface area (Å²) in [6.45, 7) is 0.842. The summed E-state index contributed by atoms with van der Waals surface area (Å²) in [6.07, 6.45) is -4.79. The lowest BCUT2D eigenvalue weighted by Crippen LogP contribution is -2.37. The molecule has 2 aromatic carbocycles. The number of carbonyl (C=O) groups is 1. The third-order valence-electron chi connectivity index (χ3n) is 4.46. The SMILES string of the molecule is COc1cccc(C(=O)N(CCN(C)C)c2nc3ccc(OC(F)(F)F)cc3s2)c1OC. The van der Waals surface area contributed by atoms with E-state index in [4.69, 9.17) is 9.47 Å². The highest BCUT2D eigenvalue weighted by atomic mass is 32.1. The fraction of sp³-hybridized carbons (Fsp3) is 0.333. The van der Waals surface area contributed by atoms with Crippen LogP contribution in [0.3, 0.4) is 0 Å². The molecule has 32 heavy (non-hydrogen) atoms. The van der Waals surface area contributed by atoms with Gasteiger partial charge in [-0.05, 0) is 38.4 Å². The maximum Gasteiger partial charge on any atom is 0.573 e. The van der Waals surface area contributed by atoms with E-state index >= 15 is 0 Å². The quantitative estimate of drug-likeness (QED) is 0.487. The van der Waals surface area contributed by atoms with Gasteiger partial charge in [0, 0.05) is 19.2 Å². The minimum atomic E-state index is -4.79. The van der Waals surface area contributed by atoms with Gasteiger partial charge >= 0.3 is 6.36 Å². The van der Waals surface area contributed by atoms with Crippen LogP contribution in [0.15, 0.2) is 36.4 Å². The predicted molar refractivity (Wildman–Crippen MR) is 116 cm³/mol. The number of benzene rings is 2. The van der Waals surface area contributed by atoms with Crippen molar-refractivity contribution in [1.82, 2.24) is 9.88 Å². The molecule has 0 aliphatic carbocycles. The molecule has 0 saturated heterocycles. The van der Waals surface area contributed by atoms with Gasteiger partial charge in [0.25, 0.3) is 5.91 Å². The third kappa shape index (κ3) is 5.40. The van der Waals surface area contributed by atoms with Crippen molar-refractivity contribution in [3.8, 4) is 17.2 Å². The fourth-order valence-corrected chi connectivity index (χ4v) is 4.01. The highest BCUT2D eigenvalue weighted by Crippen LogP contribution is 2.36. The maximum absolute atomic E-state index is 13.5. The first-order valence-corrected chi connectivity index (χ1v) is 10.3. The smallest absolute Gasteiger partial charge is 0.493 e. The second-order valence-electron chi connectivity index (χ2n) is 6.97. The Balaban J connectivity index is 2.02. The van der Waals surface area contributed by atoms with Gasteiger partial charge in [-0.1, -0.05) is 17.4 Å². The summed E-state index contributed by atoms with van der Waals surface area (Å²) in [6, 6.07) is 8.85. The average Bonchev–Trinajstić information content (AvgIpc) is 3.14. The zero-order chi connectivity index (χ0) is 23.5. The monoisotopic (exact) mass is 469 g/mol. The molecule has 0 fully saturated rings. The molecule has 3 rings (SSSR count). The highest BCUT2D eigenvalue weighted by molar-refractivity contribution is 7.22. The number of anilines is 1. The largest absolute Gasteiger partial charge is 0.573 e. The van der Waals surface area contributed by atoms with Gasteiger partial charge in [0.15, 0.2) is 16.6 Å². The van der Waals surface area contributed by atoms with Gasteiger partial charge in [-0.25, -0.2) is 4.98 Å². The van der Waals surface area contributed by atoms with Gasteiger partial charge in [0.05, 0.1) is 30.0 Å². The number of para-hydroxylation sites is 1. The number of ether oxygens (including phenoxy) is 3. The normalized spacial score (nSPS) is 11.6. The maximum atomic E-state index is 13.5. The van der Waals surface area contributed by atoms with Crippen LogP contribution in [0, 0.1) is 0 Å². The summed E-state index contributed by atoms with van der Waals surface area (Å²) in [7, 11) is 6.66. The van der Waals surface area contributed by atoms with Gasteiger partial charge in [-0.3, -0.25) is 9.69 Å². The summed E-state index contributed by atoms with van der Waals surface area (Å²) in [5.74, 6) is -0.0183. The van der Waals surface area contributed by atoms with Crippen LogP contribution in [0.25, 0.3) is 10.2 Å². The number of likely N-dealkylation sites (N-methyl/N-ethyl adjacent to an activating group) is 1. The highest BCUT2D eigenvalue weighted by Gasteiger charge is 2.31. The first-order chi connectivity index (χ1) is 15.1. The van der Waals surface area contributed by atoms with Gasteiger partial charge < -0.3 is 19.1 Å². The average molecular weight is 469 g/mol. The zero-order valence-corrected chi connectivity index (χ0v) is 18.7. The molecule has 172 valence electrons. The molecular weight excluding hydrogens is 447 g/mol. The Kier molecular flexibility index (Phi) is 7.09. The molecule has 0 bridgehead atoms. The van der Waals surface area contributed by atoms with Crippen molar-refractivity contribution in [3.05, 3.63) is 42.0 Å². The van der Waals surface area contributed by atoms with Crippen molar-refractivity contribution in [2.24, 2.45) is 0 Å². The molecule has 0 spiro atoms. The number of hydrogen-bond acceptors (Lipinski definition) is 7. The Morgan fingerprint density at radius 3 is 2.47 bits per heavy atom. The first kappa shape index (κ1) is 23.6. The van der Waals surface area contributed by atoms with Crippen LogP contribution in [-0.2, 0) is 0 Å². The third-order valence-corrected chi connectivity index (χ3v) is 5.50. The number of methoxy groups -OCH3 is 2. The summed E-state index contributed by atoms with van der Waals surface area (Å²) in [5.41, 5.74) is 0.741. The van der Waals surface area contributed by atoms with E-state index in [9.17, 15) is 18.0 Å². The number of hydrogen-bond donors (Lipinski definition) is 0. The molecule has 1 amide bonds. The molecule has 7 nitrogen and oxygen atoms in total. The summed E-state index contributed by atoms with van der Waals surface area (Å²) in [4.78, 5) is 21.4. The molecule has 0 saturated carbocycles. The van der Waals surface area contributed by atoms with E-state index in [2.05, 4.69) is 9.72 Å². The van der Waals surface area contributed by atoms with Crippen LogP contribution < -0.4 is 19.1 Å². The summed E-state index contributed by atoms with van der Waals surface area (Å²) in [5, 5.41) is 0.348. The molecule has 11 heteroatoms. The minimum absolute atomic E-state index is 0.283. The van der Waals surface area contributed by atoms with Gasteiger partial charge in [-0.2, -0.15) is 0 Å².